The van der Waals surface area contributed by atoms with Crippen molar-refractivity contribution in [3.05, 3.63) is 28.0 Å². The van der Waals surface area contributed by atoms with Crippen molar-refractivity contribution in [3.8, 4) is 0 Å². The van der Waals surface area contributed by atoms with Crippen LogP contribution in [0, 0.1) is 0 Å². The molecule has 1 rings (SSSR count). The molecule has 13 heavy (non-hydrogen) atoms. The van der Waals surface area contributed by atoms with Crippen LogP contribution in [0.5, 0.6) is 0 Å². The number of halogens is 6. The minimum atomic E-state index is -1.72. The SMILES string of the molecule is F[n+]1cc(C(Cl)(Cl)Cl)cc(Cl)c1Cl. The fraction of sp³-hybridized carbons (Fsp3) is 0.167. The van der Waals surface area contributed by atoms with Crippen molar-refractivity contribution in [2.24, 2.45) is 0 Å². The van der Waals surface area contributed by atoms with Crippen molar-refractivity contribution in [2.45, 2.75) is 3.79 Å². The molecule has 0 aliphatic rings. The molecule has 0 aromatic carbocycles. The summed E-state index contributed by atoms with van der Waals surface area (Å²) in [7, 11) is 0. The van der Waals surface area contributed by atoms with Crippen molar-refractivity contribution < 1.29 is 9.27 Å². The van der Waals surface area contributed by atoms with Gasteiger partial charge >= 0.3 is 5.15 Å². The largest absolute Gasteiger partial charge is 0.340 e. The molecule has 72 valence electrons. The van der Waals surface area contributed by atoms with Gasteiger partial charge in [-0.3, -0.25) is 0 Å². The summed E-state index contributed by atoms with van der Waals surface area (Å²) in [6, 6.07) is 1.28. The van der Waals surface area contributed by atoms with Gasteiger partial charge in [-0.2, -0.15) is 0 Å². The summed E-state index contributed by atoms with van der Waals surface area (Å²) in [6.07, 6.45) is 0.946. The second kappa shape index (κ2) is 3.95. The first-order valence-corrected chi connectivity index (χ1v) is 4.85. The molecule has 0 radical (unpaired) electrons. The molecule has 1 heterocycles. The molecule has 0 aliphatic heterocycles. The maximum Gasteiger partial charge on any atom is 0.340 e. The minimum Gasteiger partial charge on any atom is -0.0782 e. The lowest BCUT2D eigenvalue weighted by atomic mass is 10.3. The van der Waals surface area contributed by atoms with Crippen LogP contribution in [-0.2, 0) is 3.79 Å². The zero-order valence-corrected chi connectivity index (χ0v) is 9.65. The van der Waals surface area contributed by atoms with Crippen LogP contribution >= 0.6 is 58.0 Å². The summed E-state index contributed by atoms with van der Waals surface area (Å²) in [6.45, 7) is 0. The number of hydrogen-bond acceptors (Lipinski definition) is 0. The van der Waals surface area contributed by atoms with Crippen molar-refractivity contribution in [2.75, 3.05) is 0 Å². The van der Waals surface area contributed by atoms with Gasteiger partial charge in [-0.15, -0.1) is 0 Å². The van der Waals surface area contributed by atoms with Crippen LogP contribution in [0.2, 0.25) is 10.2 Å². The van der Waals surface area contributed by atoms with E-state index in [0.717, 1.165) is 6.20 Å². The van der Waals surface area contributed by atoms with Crippen LogP contribution in [0.4, 0.5) is 4.48 Å². The van der Waals surface area contributed by atoms with Gasteiger partial charge < -0.3 is 0 Å². The molecule has 1 aromatic heterocycles. The third-order valence-corrected chi connectivity index (χ3v) is 2.65. The molecule has 7 heteroatoms. The van der Waals surface area contributed by atoms with Gasteiger partial charge in [0.25, 0.3) is 0 Å². The van der Waals surface area contributed by atoms with E-state index in [0.29, 0.717) is 0 Å². The molecule has 0 spiro atoms. The lowest BCUT2D eigenvalue weighted by molar-refractivity contribution is -0.842. The molecule has 0 saturated heterocycles. The van der Waals surface area contributed by atoms with Gasteiger partial charge in [-0.05, 0) is 17.7 Å². The van der Waals surface area contributed by atoms with Crippen LogP contribution in [0.15, 0.2) is 12.3 Å². The Bertz CT molecular complexity index is 311. The molecular formula is C6H2Cl5FN+. The average Bonchev–Trinajstić information content (AvgIpc) is 1.97. The number of aromatic nitrogens is 1. The lowest BCUT2D eigenvalue weighted by Crippen LogP contribution is -2.26. The van der Waals surface area contributed by atoms with Crippen LogP contribution in [0.1, 0.15) is 5.56 Å². The van der Waals surface area contributed by atoms with Crippen molar-refractivity contribution in [3.63, 3.8) is 0 Å². The molecule has 0 amide bonds. The van der Waals surface area contributed by atoms with Gasteiger partial charge in [-0.25, -0.2) is 0 Å². The first kappa shape index (κ1) is 11.6. The first-order valence-electron chi connectivity index (χ1n) is 2.96. The topological polar surface area (TPSA) is 3.88 Å². The fourth-order valence-corrected chi connectivity index (χ4v) is 1.28. The van der Waals surface area contributed by atoms with E-state index in [1.54, 1.807) is 0 Å². The Labute approximate surface area is 98.8 Å². The number of hydrogen-bond donors (Lipinski definition) is 0. The quantitative estimate of drug-likeness (QED) is 0.503. The number of nitrogens with zero attached hydrogens (tertiary/aromatic N) is 1. The maximum atomic E-state index is 12.9. The summed E-state index contributed by atoms with van der Waals surface area (Å²) in [5, 5.41) is -0.285. The zero-order chi connectivity index (χ0) is 10.2. The standard InChI is InChI=1S/C6H2Cl5FN/c7-4-1-3(6(9,10)11)2-13(12)5(4)8/h1-2H/q+1. The molecule has 0 atom stereocenters. The molecule has 0 N–H and O–H groups in total. The lowest BCUT2D eigenvalue weighted by Gasteiger charge is -2.07. The smallest absolute Gasteiger partial charge is 0.0782 e. The van der Waals surface area contributed by atoms with Gasteiger partial charge in [0.15, 0.2) is 0 Å². The van der Waals surface area contributed by atoms with Gasteiger partial charge in [0, 0.05) is 4.79 Å². The van der Waals surface area contributed by atoms with E-state index in [4.69, 9.17) is 58.0 Å². The van der Waals surface area contributed by atoms with E-state index in [2.05, 4.69) is 0 Å². The van der Waals surface area contributed by atoms with E-state index in [1.807, 2.05) is 0 Å². The normalized spacial score (nSPS) is 11.8. The summed E-state index contributed by atoms with van der Waals surface area (Å²) in [4.78, 5) is 0.0844. The Hall–Kier alpha value is 0.530. The summed E-state index contributed by atoms with van der Waals surface area (Å²) < 4.78 is 11.2. The molecule has 0 unspecified atom stereocenters. The highest BCUT2D eigenvalue weighted by Gasteiger charge is 2.29. The molecule has 1 nitrogen and oxygen atoms in total. The third kappa shape index (κ3) is 2.74. The zero-order valence-electron chi connectivity index (χ0n) is 5.87. The van der Waals surface area contributed by atoms with Gasteiger partial charge in [0.1, 0.15) is 5.02 Å². The Morgan fingerprint density at radius 3 is 2.15 bits per heavy atom. The van der Waals surface area contributed by atoms with Crippen molar-refractivity contribution >= 4 is 58.0 Å². The second-order valence-electron chi connectivity index (χ2n) is 2.18. The molecular weight excluding hydrogens is 282 g/mol. The van der Waals surface area contributed by atoms with E-state index >= 15 is 0 Å². The number of pyridine rings is 1. The molecule has 0 fully saturated rings. The predicted molar refractivity (Wildman–Crippen MR) is 52.4 cm³/mol. The number of rotatable bonds is 0. The van der Waals surface area contributed by atoms with E-state index in [-0.39, 0.29) is 20.5 Å². The Morgan fingerprint density at radius 2 is 1.77 bits per heavy atom. The molecule has 0 saturated carbocycles. The number of alkyl halides is 3. The Kier molecular flexibility index (Phi) is 3.53. The molecule has 0 bridgehead atoms. The highest BCUT2D eigenvalue weighted by atomic mass is 35.6. The third-order valence-electron chi connectivity index (χ3n) is 1.25. The van der Waals surface area contributed by atoms with E-state index in [9.17, 15) is 4.48 Å². The summed E-state index contributed by atoms with van der Waals surface area (Å²) in [5.41, 5.74) is 0.106. The Balaban J connectivity index is 3.29. The highest BCUT2D eigenvalue weighted by Crippen LogP contribution is 2.39. The minimum absolute atomic E-state index is 0.0204. The summed E-state index contributed by atoms with van der Waals surface area (Å²) in [5.74, 6) is 0. The average molecular weight is 284 g/mol. The van der Waals surface area contributed by atoms with Crippen molar-refractivity contribution in [1.29, 1.82) is 0 Å². The van der Waals surface area contributed by atoms with Crippen LogP contribution in [-0.4, -0.2) is 0 Å². The van der Waals surface area contributed by atoms with Gasteiger partial charge in [0.2, 0.25) is 9.99 Å². The van der Waals surface area contributed by atoms with Crippen molar-refractivity contribution in [1.82, 2.24) is 0 Å². The van der Waals surface area contributed by atoms with E-state index < -0.39 is 3.79 Å². The molecule has 0 aliphatic carbocycles. The van der Waals surface area contributed by atoms with Crippen LogP contribution < -0.4 is 4.79 Å². The first-order chi connectivity index (χ1) is 5.82. The maximum absolute atomic E-state index is 12.9. The van der Waals surface area contributed by atoms with Gasteiger partial charge in [-0.1, -0.05) is 46.4 Å². The predicted octanol–water partition coefficient (Wildman–Crippen LogP) is 3.84. The highest BCUT2D eigenvalue weighted by molar-refractivity contribution is 6.66. The monoisotopic (exact) mass is 282 g/mol. The second-order valence-corrected chi connectivity index (χ2v) is 5.22. The summed E-state index contributed by atoms with van der Waals surface area (Å²) >= 11 is 27.5. The Morgan fingerprint density at radius 1 is 1.23 bits per heavy atom. The van der Waals surface area contributed by atoms with Gasteiger partial charge in [0.05, 0.1) is 10.0 Å². The van der Waals surface area contributed by atoms with Crippen LogP contribution in [0.3, 0.4) is 0 Å². The van der Waals surface area contributed by atoms with Crippen LogP contribution in [0.25, 0.3) is 0 Å². The fourth-order valence-electron chi connectivity index (χ4n) is 0.669. The molecule has 1 aromatic rings. The van der Waals surface area contributed by atoms with E-state index in [1.165, 1.54) is 6.07 Å².